The van der Waals surface area contributed by atoms with Gasteiger partial charge in [0.25, 0.3) is 11.7 Å². The van der Waals surface area contributed by atoms with E-state index in [1.165, 1.54) is 7.11 Å². The lowest BCUT2D eigenvalue weighted by atomic mass is 9.85. The van der Waals surface area contributed by atoms with Gasteiger partial charge in [-0.05, 0) is 53.0 Å². The van der Waals surface area contributed by atoms with Crippen LogP contribution in [0.15, 0.2) is 48.0 Å². The summed E-state index contributed by atoms with van der Waals surface area (Å²) in [5.74, 6) is -0.729. The average Bonchev–Trinajstić information content (AvgIpc) is 3.45. The van der Waals surface area contributed by atoms with Crippen LogP contribution in [0.3, 0.4) is 0 Å². The normalized spacial score (nSPS) is 22.0. The maximum Gasteiger partial charge on any atom is 0.295 e. The molecule has 2 unspecified atom stereocenters. The minimum Gasteiger partial charge on any atom is -0.507 e. The van der Waals surface area contributed by atoms with Crippen molar-refractivity contribution in [1.82, 2.24) is 4.90 Å². The first kappa shape index (κ1) is 26.0. The Kier molecular flexibility index (Phi) is 7.28. The molecule has 1 amide bonds. The summed E-state index contributed by atoms with van der Waals surface area (Å²) in [5.41, 5.74) is 3.23. The average molecular weight is 492 g/mol. The molecule has 0 spiro atoms. The van der Waals surface area contributed by atoms with E-state index >= 15 is 0 Å². The Hall–Kier alpha value is -3.12. The number of ether oxygens (including phenoxy) is 2. The number of nitrogens with zero attached hydrogens (tertiary/aromatic N) is 1. The molecule has 2 heterocycles. The number of benzene rings is 2. The maximum absolute atomic E-state index is 13.5. The number of Topliss-reactive ketones (excluding diaryl/α,β-unsaturated/α-hetero) is 1. The molecule has 6 heteroatoms. The van der Waals surface area contributed by atoms with E-state index in [1.807, 2.05) is 36.4 Å². The topological polar surface area (TPSA) is 76.1 Å². The van der Waals surface area contributed by atoms with Crippen LogP contribution in [0.1, 0.15) is 81.7 Å². The molecule has 6 nitrogen and oxygen atoms in total. The lowest BCUT2D eigenvalue weighted by Crippen LogP contribution is -2.36. The zero-order valence-electron chi connectivity index (χ0n) is 22.1. The minimum absolute atomic E-state index is 0.0830. The van der Waals surface area contributed by atoms with Crippen LogP contribution in [0.4, 0.5) is 0 Å². The predicted molar refractivity (Wildman–Crippen MR) is 140 cm³/mol. The van der Waals surface area contributed by atoms with Gasteiger partial charge in [0.2, 0.25) is 0 Å². The second-order valence-electron chi connectivity index (χ2n) is 11.1. The van der Waals surface area contributed by atoms with Gasteiger partial charge in [0.15, 0.2) is 0 Å². The number of ketones is 1. The van der Waals surface area contributed by atoms with Crippen LogP contribution in [0.2, 0.25) is 0 Å². The molecule has 0 aromatic heterocycles. The van der Waals surface area contributed by atoms with Crippen LogP contribution >= 0.6 is 0 Å². The highest BCUT2D eigenvalue weighted by atomic mass is 16.5. The Morgan fingerprint density at radius 2 is 1.83 bits per heavy atom. The van der Waals surface area contributed by atoms with Crippen LogP contribution in [-0.2, 0) is 19.7 Å². The van der Waals surface area contributed by atoms with E-state index in [0.717, 1.165) is 29.5 Å². The van der Waals surface area contributed by atoms with Gasteiger partial charge < -0.3 is 19.5 Å². The van der Waals surface area contributed by atoms with Gasteiger partial charge in [-0.25, -0.2) is 0 Å². The van der Waals surface area contributed by atoms with E-state index in [2.05, 4.69) is 34.6 Å². The van der Waals surface area contributed by atoms with Gasteiger partial charge in [-0.3, -0.25) is 9.59 Å². The number of aliphatic hydroxyl groups is 1. The number of likely N-dealkylation sites (tertiary alicyclic amines) is 1. The summed E-state index contributed by atoms with van der Waals surface area (Å²) in [6.45, 7) is 11.4. The van der Waals surface area contributed by atoms with Gasteiger partial charge in [0.1, 0.15) is 11.5 Å². The highest BCUT2D eigenvalue weighted by molar-refractivity contribution is 6.46. The first-order valence-corrected chi connectivity index (χ1v) is 12.7. The number of methoxy groups -OCH3 is 1. The van der Waals surface area contributed by atoms with Crippen LogP contribution in [0.25, 0.3) is 5.76 Å². The number of aliphatic hydroxyl groups excluding tert-OH is 1. The fourth-order valence-electron chi connectivity index (χ4n) is 4.99. The fraction of sp³-hybridized carbons (Fsp3) is 0.467. The van der Waals surface area contributed by atoms with Crippen molar-refractivity contribution in [3.63, 3.8) is 0 Å². The monoisotopic (exact) mass is 491 g/mol. The Balaban J connectivity index is 1.88. The highest BCUT2D eigenvalue weighted by Gasteiger charge is 2.47. The van der Waals surface area contributed by atoms with Crippen molar-refractivity contribution in [2.24, 2.45) is 0 Å². The van der Waals surface area contributed by atoms with Gasteiger partial charge in [-0.15, -0.1) is 0 Å². The molecule has 2 saturated heterocycles. The number of rotatable bonds is 6. The molecule has 0 saturated carbocycles. The molecule has 36 heavy (non-hydrogen) atoms. The van der Waals surface area contributed by atoms with Gasteiger partial charge >= 0.3 is 0 Å². The van der Waals surface area contributed by atoms with E-state index < -0.39 is 17.7 Å². The van der Waals surface area contributed by atoms with Crippen LogP contribution in [0.5, 0.6) is 5.75 Å². The van der Waals surface area contributed by atoms with E-state index in [9.17, 15) is 14.7 Å². The summed E-state index contributed by atoms with van der Waals surface area (Å²) in [4.78, 5) is 28.3. The van der Waals surface area contributed by atoms with Crippen molar-refractivity contribution in [1.29, 1.82) is 0 Å². The fourth-order valence-corrected chi connectivity index (χ4v) is 4.99. The molecule has 0 bridgehead atoms. The number of amides is 1. The molecule has 2 aromatic carbocycles. The Labute approximate surface area is 213 Å². The third-order valence-corrected chi connectivity index (χ3v) is 7.20. The minimum atomic E-state index is -0.710. The Morgan fingerprint density at radius 3 is 2.39 bits per heavy atom. The van der Waals surface area contributed by atoms with Gasteiger partial charge in [0, 0.05) is 13.2 Å². The summed E-state index contributed by atoms with van der Waals surface area (Å²) in [6, 6.07) is 12.8. The third kappa shape index (κ3) is 4.92. The summed E-state index contributed by atoms with van der Waals surface area (Å²) >= 11 is 0. The predicted octanol–water partition coefficient (Wildman–Crippen LogP) is 5.72. The molecular formula is C30H37NO5. The van der Waals surface area contributed by atoms with Crippen molar-refractivity contribution in [2.45, 2.75) is 70.9 Å². The molecule has 1 N–H and O–H groups in total. The molecule has 2 aromatic rings. The first-order valence-electron chi connectivity index (χ1n) is 12.7. The second kappa shape index (κ2) is 10.1. The first-order chi connectivity index (χ1) is 17.0. The molecule has 0 aliphatic carbocycles. The van der Waals surface area contributed by atoms with Crippen molar-refractivity contribution in [3.05, 3.63) is 70.3 Å². The van der Waals surface area contributed by atoms with E-state index in [1.54, 1.807) is 11.0 Å². The number of carbonyl (C=O) groups excluding carboxylic acids is 2. The van der Waals surface area contributed by atoms with Crippen LogP contribution in [0, 0.1) is 0 Å². The molecule has 4 rings (SSSR count). The molecular weight excluding hydrogens is 454 g/mol. The third-order valence-electron chi connectivity index (χ3n) is 7.20. The Morgan fingerprint density at radius 1 is 1.14 bits per heavy atom. The quantitative estimate of drug-likeness (QED) is 0.318. The van der Waals surface area contributed by atoms with Gasteiger partial charge in [0.05, 0.1) is 30.4 Å². The van der Waals surface area contributed by atoms with E-state index in [4.69, 9.17) is 9.47 Å². The molecule has 0 radical (unpaired) electrons. The smallest absolute Gasteiger partial charge is 0.295 e. The number of carbonyl (C=O) groups is 2. The standard InChI is InChI=1S/C30H37NO5/c1-18(2)19-9-11-20(12-10-19)26-25(28(33)29(34)31(26)17-22-8-7-15-36-22)27(32)23-16-21(30(3,4)5)13-14-24(23)35-6/h9-14,16,18,22,26,32H,7-8,15,17H2,1-6H3/b27-25+. The Bertz CT molecular complexity index is 1170. The lowest BCUT2D eigenvalue weighted by Gasteiger charge is -2.28. The maximum atomic E-state index is 13.5. The number of hydrogen-bond acceptors (Lipinski definition) is 5. The van der Waals surface area contributed by atoms with Crippen molar-refractivity contribution in [3.8, 4) is 5.75 Å². The summed E-state index contributed by atoms with van der Waals surface area (Å²) in [6.07, 6.45) is 1.64. The van der Waals surface area contributed by atoms with Crippen molar-refractivity contribution >= 4 is 17.4 Å². The van der Waals surface area contributed by atoms with Gasteiger partial charge in [-0.2, -0.15) is 0 Å². The molecule has 192 valence electrons. The van der Waals surface area contributed by atoms with E-state index in [-0.39, 0.29) is 22.9 Å². The molecule has 2 atom stereocenters. The zero-order valence-corrected chi connectivity index (χ0v) is 22.1. The molecule has 2 fully saturated rings. The van der Waals surface area contributed by atoms with Crippen LogP contribution < -0.4 is 4.74 Å². The lowest BCUT2D eigenvalue weighted by molar-refractivity contribution is -0.140. The van der Waals surface area contributed by atoms with Crippen molar-refractivity contribution < 1.29 is 24.2 Å². The second-order valence-corrected chi connectivity index (χ2v) is 11.1. The molecule has 2 aliphatic rings. The van der Waals surface area contributed by atoms with Crippen molar-refractivity contribution in [2.75, 3.05) is 20.3 Å². The summed E-state index contributed by atoms with van der Waals surface area (Å²) < 4.78 is 11.3. The number of hydrogen-bond donors (Lipinski definition) is 1. The summed E-state index contributed by atoms with van der Waals surface area (Å²) in [5, 5.41) is 11.6. The zero-order chi connectivity index (χ0) is 26.2. The molecule has 2 aliphatic heterocycles. The largest absolute Gasteiger partial charge is 0.507 e. The highest BCUT2D eigenvalue weighted by Crippen LogP contribution is 2.42. The summed E-state index contributed by atoms with van der Waals surface area (Å²) in [7, 11) is 1.53. The van der Waals surface area contributed by atoms with Gasteiger partial charge in [-0.1, -0.05) is 65.0 Å². The van der Waals surface area contributed by atoms with Crippen LogP contribution in [-0.4, -0.2) is 48.1 Å². The van der Waals surface area contributed by atoms with E-state index in [0.29, 0.717) is 30.4 Å². The SMILES string of the molecule is COc1ccc(C(C)(C)C)cc1/C(O)=C1\C(=O)C(=O)N(CC2CCCO2)C1c1ccc(C(C)C)cc1.